The summed E-state index contributed by atoms with van der Waals surface area (Å²) in [5.74, 6) is 0. The number of hydrogen-bond donors (Lipinski definition) is 0. The summed E-state index contributed by atoms with van der Waals surface area (Å²) in [5, 5.41) is 0. The maximum Gasteiger partial charge on any atom is 0.410 e. The number of nitrogens with zero attached hydrogens (tertiary/aromatic N) is 1. The Kier molecular flexibility index (Phi) is 4.78. The fourth-order valence-corrected chi connectivity index (χ4v) is 2.17. The average molecular weight is 297 g/mol. The Morgan fingerprint density at radius 2 is 2.00 bits per heavy atom. The molecule has 1 heterocycles. The molecule has 1 unspecified atom stereocenters. The maximum atomic E-state index is 13.4. The molecular weight excluding hydrogens is 277 g/mol. The normalized spacial score (nSPS) is 24.6. The standard InChI is InChI=1S/C11H20FNO5S/c1-11(2,3)18-10(14)13-6-8(12)5-9(13)7-17-19(4,15)16/h8-9H,5-7H2,1-4H3/t8?,9-/m0/s1. The predicted molar refractivity (Wildman–Crippen MR) is 67.0 cm³/mol. The van der Waals surface area contributed by atoms with Crippen molar-refractivity contribution in [3.05, 3.63) is 0 Å². The van der Waals surface area contributed by atoms with Gasteiger partial charge in [0.25, 0.3) is 10.1 Å². The van der Waals surface area contributed by atoms with E-state index in [1.807, 2.05) is 0 Å². The van der Waals surface area contributed by atoms with Gasteiger partial charge in [-0.1, -0.05) is 0 Å². The molecule has 0 aromatic rings. The molecule has 0 aliphatic carbocycles. The molecule has 112 valence electrons. The van der Waals surface area contributed by atoms with E-state index in [2.05, 4.69) is 4.18 Å². The van der Waals surface area contributed by atoms with Crippen molar-refractivity contribution in [2.75, 3.05) is 19.4 Å². The smallest absolute Gasteiger partial charge is 0.410 e. The number of rotatable bonds is 3. The topological polar surface area (TPSA) is 72.9 Å². The number of alkyl halides is 1. The van der Waals surface area contributed by atoms with Crippen LogP contribution in [0.5, 0.6) is 0 Å². The van der Waals surface area contributed by atoms with Crippen LogP contribution in [0.15, 0.2) is 0 Å². The molecule has 6 nitrogen and oxygen atoms in total. The first-order chi connectivity index (χ1) is 8.48. The highest BCUT2D eigenvalue weighted by atomic mass is 32.2. The molecule has 1 amide bonds. The van der Waals surface area contributed by atoms with E-state index in [0.717, 1.165) is 6.26 Å². The average Bonchev–Trinajstić information content (AvgIpc) is 2.53. The van der Waals surface area contributed by atoms with Gasteiger partial charge in [0, 0.05) is 6.42 Å². The number of hydrogen-bond acceptors (Lipinski definition) is 5. The molecule has 2 atom stereocenters. The van der Waals surface area contributed by atoms with Gasteiger partial charge in [-0.2, -0.15) is 8.42 Å². The minimum Gasteiger partial charge on any atom is -0.444 e. The summed E-state index contributed by atoms with van der Waals surface area (Å²) in [5.41, 5.74) is -0.687. The summed E-state index contributed by atoms with van der Waals surface area (Å²) in [6, 6.07) is -0.625. The zero-order valence-electron chi connectivity index (χ0n) is 11.6. The summed E-state index contributed by atoms with van der Waals surface area (Å²) in [6.45, 7) is 4.76. The molecule has 1 aliphatic heterocycles. The van der Waals surface area contributed by atoms with E-state index in [1.54, 1.807) is 20.8 Å². The second kappa shape index (κ2) is 5.62. The van der Waals surface area contributed by atoms with Gasteiger partial charge in [0.2, 0.25) is 0 Å². The lowest BCUT2D eigenvalue weighted by atomic mass is 10.2. The highest BCUT2D eigenvalue weighted by Crippen LogP contribution is 2.23. The molecule has 0 saturated carbocycles. The summed E-state index contributed by atoms with van der Waals surface area (Å²) < 4.78 is 45.0. The summed E-state index contributed by atoms with van der Waals surface area (Å²) >= 11 is 0. The molecule has 1 saturated heterocycles. The van der Waals surface area contributed by atoms with Gasteiger partial charge in [-0.25, -0.2) is 9.18 Å². The van der Waals surface area contributed by atoms with Gasteiger partial charge in [0.05, 0.1) is 25.4 Å². The highest BCUT2D eigenvalue weighted by Gasteiger charge is 2.38. The van der Waals surface area contributed by atoms with E-state index in [4.69, 9.17) is 4.74 Å². The van der Waals surface area contributed by atoms with E-state index >= 15 is 0 Å². The van der Waals surface area contributed by atoms with Crippen molar-refractivity contribution in [3.8, 4) is 0 Å². The first kappa shape index (κ1) is 16.2. The monoisotopic (exact) mass is 297 g/mol. The Morgan fingerprint density at radius 1 is 1.42 bits per heavy atom. The molecule has 1 aliphatic rings. The van der Waals surface area contributed by atoms with Crippen molar-refractivity contribution < 1.29 is 26.5 Å². The molecule has 1 fully saturated rings. The molecule has 8 heteroatoms. The first-order valence-corrected chi connectivity index (χ1v) is 7.78. The lowest BCUT2D eigenvalue weighted by Crippen LogP contribution is -2.42. The lowest BCUT2D eigenvalue weighted by molar-refractivity contribution is 0.0183. The van der Waals surface area contributed by atoms with Crippen molar-refractivity contribution in [2.24, 2.45) is 0 Å². The Labute approximate surface area is 113 Å². The molecule has 0 aromatic heterocycles. The Morgan fingerprint density at radius 3 is 2.47 bits per heavy atom. The summed E-state index contributed by atoms with van der Waals surface area (Å²) in [6.07, 6.45) is -0.892. The number of carbonyl (C=O) groups is 1. The van der Waals surface area contributed by atoms with Crippen LogP contribution >= 0.6 is 0 Å². The van der Waals surface area contributed by atoms with Crippen LogP contribution in [0.4, 0.5) is 9.18 Å². The number of amides is 1. The minimum absolute atomic E-state index is 0.0504. The van der Waals surface area contributed by atoms with Crippen molar-refractivity contribution in [1.82, 2.24) is 4.90 Å². The van der Waals surface area contributed by atoms with E-state index in [-0.39, 0.29) is 19.6 Å². The molecular formula is C11H20FNO5S. The third kappa shape index (κ3) is 5.73. The van der Waals surface area contributed by atoms with Crippen LogP contribution in [0.25, 0.3) is 0 Å². The molecule has 0 aromatic carbocycles. The third-order valence-electron chi connectivity index (χ3n) is 2.47. The van der Waals surface area contributed by atoms with Gasteiger partial charge >= 0.3 is 6.09 Å². The number of ether oxygens (including phenoxy) is 1. The predicted octanol–water partition coefficient (Wildman–Crippen LogP) is 1.31. The van der Waals surface area contributed by atoms with Crippen molar-refractivity contribution in [2.45, 2.75) is 45.0 Å². The van der Waals surface area contributed by atoms with Crippen LogP contribution < -0.4 is 0 Å². The van der Waals surface area contributed by atoms with Gasteiger partial charge in [-0.05, 0) is 20.8 Å². The molecule has 0 bridgehead atoms. The molecule has 0 spiro atoms. The fraction of sp³-hybridized carbons (Fsp3) is 0.909. The van der Waals surface area contributed by atoms with Crippen LogP contribution in [-0.2, 0) is 19.0 Å². The van der Waals surface area contributed by atoms with E-state index in [9.17, 15) is 17.6 Å². The minimum atomic E-state index is -3.61. The Hall–Kier alpha value is -0.890. The molecule has 0 N–H and O–H groups in total. The summed E-state index contributed by atoms with van der Waals surface area (Å²) in [7, 11) is -3.61. The second-order valence-electron chi connectivity index (χ2n) is 5.61. The highest BCUT2D eigenvalue weighted by molar-refractivity contribution is 7.85. The largest absolute Gasteiger partial charge is 0.444 e. The van der Waals surface area contributed by atoms with E-state index in [0.29, 0.717) is 0 Å². The zero-order chi connectivity index (χ0) is 14.8. The van der Waals surface area contributed by atoms with Gasteiger partial charge < -0.3 is 4.74 Å². The molecule has 1 rings (SSSR count). The van der Waals surface area contributed by atoms with Gasteiger partial charge in [-0.15, -0.1) is 0 Å². The van der Waals surface area contributed by atoms with E-state index < -0.39 is 34.0 Å². The number of carbonyl (C=O) groups excluding carboxylic acids is 1. The second-order valence-corrected chi connectivity index (χ2v) is 7.25. The Bertz CT molecular complexity index is 431. The van der Waals surface area contributed by atoms with Gasteiger partial charge in [0.1, 0.15) is 11.8 Å². The van der Waals surface area contributed by atoms with Crippen LogP contribution in [0.2, 0.25) is 0 Å². The number of halogens is 1. The molecule has 19 heavy (non-hydrogen) atoms. The number of likely N-dealkylation sites (tertiary alicyclic amines) is 1. The van der Waals surface area contributed by atoms with Gasteiger partial charge in [-0.3, -0.25) is 9.08 Å². The lowest BCUT2D eigenvalue weighted by Gasteiger charge is -2.27. The van der Waals surface area contributed by atoms with Crippen LogP contribution in [0.3, 0.4) is 0 Å². The molecule has 0 radical (unpaired) electrons. The van der Waals surface area contributed by atoms with Gasteiger partial charge in [0.15, 0.2) is 0 Å². The summed E-state index contributed by atoms with van der Waals surface area (Å²) in [4.78, 5) is 13.1. The Balaban J connectivity index is 2.66. The fourth-order valence-electron chi connectivity index (χ4n) is 1.76. The quantitative estimate of drug-likeness (QED) is 0.734. The van der Waals surface area contributed by atoms with E-state index in [1.165, 1.54) is 4.90 Å². The SMILES string of the molecule is CC(C)(C)OC(=O)N1CC(F)C[C@H]1COS(C)(=O)=O. The first-order valence-electron chi connectivity index (χ1n) is 5.96. The maximum absolute atomic E-state index is 13.4. The van der Waals surface area contributed by atoms with Crippen molar-refractivity contribution >= 4 is 16.2 Å². The van der Waals surface area contributed by atoms with Crippen molar-refractivity contribution in [1.29, 1.82) is 0 Å². The third-order valence-corrected chi connectivity index (χ3v) is 3.03. The van der Waals surface area contributed by atoms with Crippen molar-refractivity contribution in [3.63, 3.8) is 0 Å². The van der Waals surface area contributed by atoms with Crippen LogP contribution in [0, 0.1) is 0 Å². The zero-order valence-corrected chi connectivity index (χ0v) is 12.4. The van der Waals surface area contributed by atoms with Crippen LogP contribution in [0.1, 0.15) is 27.2 Å². The van der Waals surface area contributed by atoms with Crippen LogP contribution in [-0.4, -0.2) is 56.6 Å².